The maximum absolute atomic E-state index is 12.5. The molecule has 1 saturated heterocycles. The molecule has 2 aliphatic rings. The Balaban J connectivity index is 1.43. The van der Waals surface area contributed by atoms with Gasteiger partial charge in [-0.05, 0) is 36.8 Å². The van der Waals surface area contributed by atoms with Crippen LogP contribution in [-0.2, 0) is 9.47 Å². The Morgan fingerprint density at radius 3 is 2.82 bits per heavy atom. The van der Waals surface area contributed by atoms with E-state index in [0.717, 1.165) is 34.2 Å². The molecule has 0 radical (unpaired) electrons. The fourth-order valence-corrected chi connectivity index (χ4v) is 4.31. The average Bonchev–Trinajstić information content (AvgIpc) is 2.99. The largest absolute Gasteiger partial charge is 0.373 e. The van der Waals surface area contributed by atoms with E-state index in [0.29, 0.717) is 13.2 Å². The highest BCUT2D eigenvalue weighted by atomic mass is 32.1. The summed E-state index contributed by atoms with van der Waals surface area (Å²) in [5.41, 5.74) is 0. The van der Waals surface area contributed by atoms with Crippen molar-refractivity contribution < 1.29 is 14.3 Å². The van der Waals surface area contributed by atoms with Crippen LogP contribution in [0.5, 0.6) is 0 Å². The van der Waals surface area contributed by atoms with Gasteiger partial charge in [-0.2, -0.15) is 0 Å². The summed E-state index contributed by atoms with van der Waals surface area (Å²) in [4.78, 5) is 13.3. The molecule has 4 rings (SSSR count). The predicted octanol–water partition coefficient (Wildman–Crippen LogP) is 2.97. The molecule has 1 N–H and O–H groups in total. The molecule has 1 aliphatic carbocycles. The summed E-state index contributed by atoms with van der Waals surface area (Å²) in [7, 11) is 0. The lowest BCUT2D eigenvalue weighted by molar-refractivity contribution is -0.157. The first kappa shape index (κ1) is 14.2. The van der Waals surface area contributed by atoms with Crippen LogP contribution in [0.25, 0.3) is 10.1 Å². The van der Waals surface area contributed by atoms with Crippen LogP contribution in [0.4, 0.5) is 0 Å². The second kappa shape index (κ2) is 5.99. The second-order valence-corrected chi connectivity index (χ2v) is 7.03. The van der Waals surface area contributed by atoms with E-state index in [4.69, 9.17) is 9.47 Å². The van der Waals surface area contributed by atoms with Crippen molar-refractivity contribution in [3.63, 3.8) is 0 Å². The van der Waals surface area contributed by atoms with Crippen molar-refractivity contribution in [1.29, 1.82) is 0 Å². The van der Waals surface area contributed by atoms with Gasteiger partial charge in [0.25, 0.3) is 5.91 Å². The quantitative estimate of drug-likeness (QED) is 0.926. The number of fused-ring (bicyclic) bond motifs is 2. The zero-order valence-electron chi connectivity index (χ0n) is 12.3. The lowest BCUT2D eigenvalue weighted by Gasteiger charge is -2.39. The molecule has 2 fully saturated rings. The van der Waals surface area contributed by atoms with E-state index in [1.165, 1.54) is 0 Å². The van der Waals surface area contributed by atoms with Gasteiger partial charge in [-0.1, -0.05) is 18.2 Å². The van der Waals surface area contributed by atoms with Gasteiger partial charge in [0.05, 0.1) is 30.3 Å². The molecular weight excluding hydrogens is 298 g/mol. The Morgan fingerprint density at radius 1 is 1.14 bits per heavy atom. The Bertz CT molecular complexity index is 650. The second-order valence-electron chi connectivity index (χ2n) is 5.95. The van der Waals surface area contributed by atoms with Crippen LogP contribution in [0.2, 0.25) is 0 Å². The van der Waals surface area contributed by atoms with Gasteiger partial charge < -0.3 is 14.8 Å². The molecule has 2 aromatic rings. The van der Waals surface area contributed by atoms with Crippen LogP contribution in [0, 0.1) is 0 Å². The molecule has 1 amide bonds. The van der Waals surface area contributed by atoms with Crippen LogP contribution in [-0.4, -0.2) is 37.4 Å². The van der Waals surface area contributed by atoms with Gasteiger partial charge in [0.15, 0.2) is 0 Å². The first-order chi connectivity index (χ1) is 10.8. The number of rotatable bonds is 2. The minimum atomic E-state index is 0.0291. The molecule has 1 aromatic heterocycles. The summed E-state index contributed by atoms with van der Waals surface area (Å²) in [5.74, 6) is 0.0291. The van der Waals surface area contributed by atoms with Crippen molar-refractivity contribution in [3.8, 4) is 0 Å². The number of hydrogen-bond donors (Lipinski definition) is 1. The van der Waals surface area contributed by atoms with E-state index >= 15 is 0 Å². The number of ether oxygens (including phenoxy) is 2. The van der Waals surface area contributed by atoms with Gasteiger partial charge in [0.1, 0.15) is 0 Å². The number of hydrogen-bond acceptors (Lipinski definition) is 4. The maximum atomic E-state index is 12.5. The molecule has 116 valence electrons. The van der Waals surface area contributed by atoms with Crippen molar-refractivity contribution in [1.82, 2.24) is 5.32 Å². The molecule has 0 spiro atoms. The number of amides is 1. The summed E-state index contributed by atoms with van der Waals surface area (Å²) >= 11 is 1.55. The van der Waals surface area contributed by atoms with Crippen molar-refractivity contribution >= 4 is 27.3 Å². The molecule has 3 unspecified atom stereocenters. The monoisotopic (exact) mass is 317 g/mol. The average molecular weight is 317 g/mol. The summed E-state index contributed by atoms with van der Waals surface area (Å²) < 4.78 is 12.7. The lowest BCUT2D eigenvalue weighted by atomic mass is 9.89. The summed E-state index contributed by atoms with van der Waals surface area (Å²) in [6, 6.07) is 10.2. The molecule has 4 nitrogen and oxygen atoms in total. The van der Waals surface area contributed by atoms with Crippen molar-refractivity contribution in [2.24, 2.45) is 0 Å². The summed E-state index contributed by atoms with van der Waals surface area (Å²) in [6.07, 6.45) is 3.12. The number of nitrogens with one attached hydrogen (secondary N) is 1. The zero-order chi connectivity index (χ0) is 14.9. The first-order valence-corrected chi connectivity index (χ1v) is 8.64. The smallest absolute Gasteiger partial charge is 0.261 e. The third-order valence-corrected chi connectivity index (χ3v) is 5.58. The molecule has 2 heterocycles. The van der Waals surface area contributed by atoms with Gasteiger partial charge in [-0.25, -0.2) is 0 Å². The van der Waals surface area contributed by atoms with Gasteiger partial charge >= 0.3 is 0 Å². The minimum Gasteiger partial charge on any atom is -0.373 e. The number of carbonyl (C=O) groups is 1. The third-order valence-electron chi connectivity index (χ3n) is 4.46. The Kier molecular flexibility index (Phi) is 3.86. The fourth-order valence-electron chi connectivity index (χ4n) is 3.35. The van der Waals surface area contributed by atoms with E-state index in [-0.39, 0.29) is 24.2 Å². The fraction of sp³-hybridized carbons (Fsp3) is 0.471. The van der Waals surface area contributed by atoms with Crippen LogP contribution in [0.15, 0.2) is 30.3 Å². The van der Waals surface area contributed by atoms with Crippen LogP contribution in [0.1, 0.15) is 28.9 Å². The van der Waals surface area contributed by atoms with Gasteiger partial charge in [0.2, 0.25) is 0 Å². The van der Waals surface area contributed by atoms with Crippen molar-refractivity contribution in [2.45, 2.75) is 37.5 Å². The number of benzene rings is 1. The van der Waals surface area contributed by atoms with Crippen molar-refractivity contribution in [3.05, 3.63) is 35.2 Å². The Morgan fingerprint density at radius 2 is 1.95 bits per heavy atom. The zero-order valence-corrected chi connectivity index (χ0v) is 13.1. The molecular formula is C17H19NO3S. The molecule has 22 heavy (non-hydrogen) atoms. The van der Waals surface area contributed by atoms with E-state index < -0.39 is 0 Å². The van der Waals surface area contributed by atoms with E-state index in [1.54, 1.807) is 11.3 Å². The summed E-state index contributed by atoms with van der Waals surface area (Å²) in [5, 5.41) is 4.30. The molecule has 1 aromatic carbocycles. The van der Waals surface area contributed by atoms with E-state index in [1.807, 2.05) is 24.3 Å². The molecule has 1 aliphatic heterocycles. The topological polar surface area (TPSA) is 47.6 Å². The number of thiophene rings is 1. The normalized spacial score (nSPS) is 28.3. The number of carbonyl (C=O) groups excluding carboxylic acids is 1. The molecule has 1 saturated carbocycles. The van der Waals surface area contributed by atoms with Gasteiger partial charge in [0, 0.05) is 10.7 Å². The SMILES string of the molecule is O=C(NC1CCC2OCCOC2C1)c1cc2ccccc2s1. The maximum Gasteiger partial charge on any atom is 0.261 e. The summed E-state index contributed by atoms with van der Waals surface area (Å²) in [6.45, 7) is 1.36. The standard InChI is InChI=1S/C17H19NO3S/c19-17(16-9-11-3-1-2-4-15(11)22-16)18-12-5-6-13-14(10-12)21-8-7-20-13/h1-4,9,12-14H,5-8,10H2,(H,18,19). The van der Waals surface area contributed by atoms with Gasteiger partial charge in [-0.3, -0.25) is 4.79 Å². The molecule has 5 heteroatoms. The van der Waals surface area contributed by atoms with Gasteiger partial charge in [-0.15, -0.1) is 11.3 Å². The lowest BCUT2D eigenvalue weighted by Crippen LogP contribution is -2.49. The highest BCUT2D eigenvalue weighted by molar-refractivity contribution is 7.20. The van der Waals surface area contributed by atoms with Crippen LogP contribution < -0.4 is 5.32 Å². The highest BCUT2D eigenvalue weighted by Crippen LogP contribution is 2.28. The Labute approximate surface area is 133 Å². The minimum absolute atomic E-state index is 0.0291. The predicted molar refractivity (Wildman–Crippen MR) is 86.4 cm³/mol. The highest BCUT2D eigenvalue weighted by Gasteiger charge is 2.34. The first-order valence-electron chi connectivity index (χ1n) is 7.82. The Hall–Kier alpha value is -1.43. The van der Waals surface area contributed by atoms with Crippen molar-refractivity contribution in [2.75, 3.05) is 13.2 Å². The van der Waals surface area contributed by atoms with Crippen LogP contribution >= 0.6 is 11.3 Å². The third kappa shape index (κ3) is 2.76. The molecule has 0 bridgehead atoms. The molecule has 3 atom stereocenters. The van der Waals surface area contributed by atoms with E-state index in [9.17, 15) is 4.79 Å². The van der Waals surface area contributed by atoms with E-state index in [2.05, 4.69) is 11.4 Å². The van der Waals surface area contributed by atoms with Crippen LogP contribution in [0.3, 0.4) is 0 Å².